The maximum atomic E-state index is 12.1. The zero-order chi connectivity index (χ0) is 15.2. The Kier molecular flexibility index (Phi) is 4.91. The molecule has 1 N–H and O–H groups in total. The lowest BCUT2D eigenvalue weighted by Gasteiger charge is -2.26. The van der Waals surface area contributed by atoms with Crippen molar-refractivity contribution in [2.45, 2.75) is 25.3 Å². The number of carbonyl (C=O) groups excluding carboxylic acids is 1. The van der Waals surface area contributed by atoms with Crippen molar-refractivity contribution in [2.24, 2.45) is 0 Å². The van der Waals surface area contributed by atoms with Crippen LogP contribution in [0.2, 0.25) is 0 Å². The first kappa shape index (κ1) is 14.9. The van der Waals surface area contributed by atoms with Crippen molar-refractivity contribution in [1.82, 2.24) is 10.2 Å². The number of hydrogen-bond acceptors (Lipinski definition) is 3. The molecular weight excluding hydrogens is 276 g/mol. The van der Waals surface area contributed by atoms with Gasteiger partial charge in [-0.2, -0.15) is 0 Å². The standard InChI is InChI=1S/C18H22N2O2/c21-18(13-15-7-2-1-3-8-15)19-14-16(17-9-6-12-22-17)20-10-4-5-11-20/h1-3,6-9,12,16H,4-5,10-11,13-14H2,(H,19,21)/t16-/m0/s1. The summed E-state index contributed by atoms with van der Waals surface area (Å²) >= 11 is 0. The van der Waals surface area contributed by atoms with Crippen molar-refractivity contribution in [2.75, 3.05) is 19.6 Å². The molecule has 0 aliphatic carbocycles. The third-order valence-corrected chi connectivity index (χ3v) is 4.15. The van der Waals surface area contributed by atoms with Gasteiger partial charge in [-0.05, 0) is 43.6 Å². The van der Waals surface area contributed by atoms with E-state index in [0.717, 1.165) is 24.4 Å². The Morgan fingerprint density at radius 1 is 1.14 bits per heavy atom. The number of benzene rings is 1. The highest BCUT2D eigenvalue weighted by molar-refractivity contribution is 5.78. The largest absolute Gasteiger partial charge is 0.468 e. The topological polar surface area (TPSA) is 45.5 Å². The van der Waals surface area contributed by atoms with Crippen LogP contribution in [0.15, 0.2) is 53.1 Å². The van der Waals surface area contributed by atoms with Gasteiger partial charge in [0.25, 0.3) is 0 Å². The van der Waals surface area contributed by atoms with Crippen molar-refractivity contribution < 1.29 is 9.21 Å². The first-order valence-electron chi connectivity index (χ1n) is 7.91. The molecule has 1 fully saturated rings. The average molecular weight is 298 g/mol. The second-order valence-electron chi connectivity index (χ2n) is 5.74. The molecule has 116 valence electrons. The van der Waals surface area contributed by atoms with E-state index in [9.17, 15) is 4.79 Å². The second kappa shape index (κ2) is 7.27. The van der Waals surface area contributed by atoms with Gasteiger partial charge >= 0.3 is 0 Å². The Morgan fingerprint density at radius 3 is 2.59 bits per heavy atom. The Hall–Kier alpha value is -2.07. The predicted molar refractivity (Wildman–Crippen MR) is 85.4 cm³/mol. The molecule has 0 saturated carbocycles. The van der Waals surface area contributed by atoms with E-state index in [4.69, 9.17) is 4.42 Å². The molecule has 22 heavy (non-hydrogen) atoms. The van der Waals surface area contributed by atoms with E-state index in [2.05, 4.69) is 10.2 Å². The van der Waals surface area contributed by atoms with Gasteiger partial charge in [0, 0.05) is 6.54 Å². The molecule has 1 saturated heterocycles. The lowest BCUT2D eigenvalue weighted by atomic mass is 10.1. The number of amides is 1. The highest BCUT2D eigenvalue weighted by Gasteiger charge is 2.25. The van der Waals surface area contributed by atoms with E-state index >= 15 is 0 Å². The minimum atomic E-state index is 0.0574. The molecule has 0 spiro atoms. The lowest BCUT2D eigenvalue weighted by molar-refractivity contribution is -0.120. The molecule has 4 nitrogen and oxygen atoms in total. The maximum Gasteiger partial charge on any atom is 0.224 e. The molecule has 1 aromatic heterocycles. The summed E-state index contributed by atoms with van der Waals surface area (Å²) in [5.41, 5.74) is 1.04. The zero-order valence-electron chi connectivity index (χ0n) is 12.7. The van der Waals surface area contributed by atoms with Gasteiger partial charge in [-0.1, -0.05) is 30.3 Å². The molecule has 1 amide bonds. The van der Waals surface area contributed by atoms with E-state index in [-0.39, 0.29) is 11.9 Å². The zero-order valence-corrected chi connectivity index (χ0v) is 12.7. The Balaban J connectivity index is 1.58. The molecule has 1 aliphatic rings. The molecule has 2 aromatic rings. The van der Waals surface area contributed by atoms with Crippen LogP contribution in [-0.4, -0.2) is 30.4 Å². The summed E-state index contributed by atoms with van der Waals surface area (Å²) in [7, 11) is 0. The molecule has 3 rings (SSSR count). The molecule has 1 aromatic carbocycles. The molecule has 4 heteroatoms. The van der Waals surface area contributed by atoms with Gasteiger partial charge < -0.3 is 9.73 Å². The Morgan fingerprint density at radius 2 is 1.91 bits per heavy atom. The molecule has 0 radical (unpaired) electrons. The summed E-state index contributed by atoms with van der Waals surface area (Å²) in [6, 6.07) is 13.9. The SMILES string of the molecule is O=C(Cc1ccccc1)NC[C@@H](c1ccco1)N1CCCC1. The van der Waals surface area contributed by atoms with Gasteiger partial charge in [-0.3, -0.25) is 9.69 Å². The fourth-order valence-corrected chi connectivity index (χ4v) is 3.00. The summed E-state index contributed by atoms with van der Waals surface area (Å²) in [4.78, 5) is 14.5. The van der Waals surface area contributed by atoms with E-state index in [1.54, 1.807) is 6.26 Å². The molecule has 1 aliphatic heterocycles. The van der Waals surface area contributed by atoms with Crippen LogP contribution in [0.25, 0.3) is 0 Å². The minimum absolute atomic E-state index is 0.0574. The van der Waals surface area contributed by atoms with Crippen LogP contribution in [0.5, 0.6) is 0 Å². The summed E-state index contributed by atoms with van der Waals surface area (Å²) < 4.78 is 5.57. The quantitative estimate of drug-likeness (QED) is 0.892. The number of hydrogen-bond donors (Lipinski definition) is 1. The van der Waals surface area contributed by atoms with Crippen molar-refractivity contribution in [3.63, 3.8) is 0 Å². The predicted octanol–water partition coefficient (Wildman–Crippen LogP) is 2.78. The summed E-state index contributed by atoms with van der Waals surface area (Å²) in [5.74, 6) is 0.990. The van der Waals surface area contributed by atoms with E-state index in [1.807, 2.05) is 42.5 Å². The third kappa shape index (κ3) is 3.77. The van der Waals surface area contributed by atoms with E-state index in [0.29, 0.717) is 13.0 Å². The fraction of sp³-hybridized carbons (Fsp3) is 0.389. The normalized spacial score (nSPS) is 16.5. The van der Waals surface area contributed by atoms with Gasteiger partial charge in [-0.15, -0.1) is 0 Å². The molecule has 0 unspecified atom stereocenters. The summed E-state index contributed by atoms with van der Waals surface area (Å²) in [6.07, 6.45) is 4.56. The first-order chi connectivity index (χ1) is 10.8. The smallest absolute Gasteiger partial charge is 0.224 e. The fourth-order valence-electron chi connectivity index (χ4n) is 3.00. The third-order valence-electron chi connectivity index (χ3n) is 4.15. The number of rotatable bonds is 6. The van der Waals surface area contributed by atoms with Gasteiger partial charge in [0.05, 0.1) is 18.7 Å². The molecule has 2 heterocycles. The maximum absolute atomic E-state index is 12.1. The van der Waals surface area contributed by atoms with E-state index < -0.39 is 0 Å². The van der Waals surface area contributed by atoms with Crippen molar-refractivity contribution in [3.8, 4) is 0 Å². The number of likely N-dealkylation sites (tertiary alicyclic amines) is 1. The number of furan rings is 1. The number of carbonyl (C=O) groups is 1. The molecular formula is C18H22N2O2. The Bertz CT molecular complexity index is 574. The van der Waals surface area contributed by atoms with Crippen molar-refractivity contribution in [1.29, 1.82) is 0 Å². The summed E-state index contributed by atoms with van der Waals surface area (Å²) in [6.45, 7) is 2.74. The van der Waals surface area contributed by atoms with Crippen molar-refractivity contribution >= 4 is 5.91 Å². The van der Waals surface area contributed by atoms with E-state index in [1.165, 1.54) is 12.8 Å². The van der Waals surface area contributed by atoms with Crippen LogP contribution in [0.4, 0.5) is 0 Å². The van der Waals surface area contributed by atoms with Crippen LogP contribution in [0.3, 0.4) is 0 Å². The van der Waals surface area contributed by atoms with Crippen LogP contribution >= 0.6 is 0 Å². The van der Waals surface area contributed by atoms with Crippen LogP contribution < -0.4 is 5.32 Å². The summed E-state index contributed by atoms with van der Waals surface area (Å²) in [5, 5.41) is 3.06. The highest BCUT2D eigenvalue weighted by atomic mass is 16.3. The number of nitrogens with one attached hydrogen (secondary N) is 1. The minimum Gasteiger partial charge on any atom is -0.468 e. The van der Waals surface area contributed by atoms with Gasteiger partial charge in [0.2, 0.25) is 5.91 Å². The van der Waals surface area contributed by atoms with Crippen LogP contribution in [0, 0.1) is 0 Å². The molecule has 0 bridgehead atoms. The first-order valence-corrected chi connectivity index (χ1v) is 7.91. The van der Waals surface area contributed by atoms with Gasteiger partial charge in [0.1, 0.15) is 5.76 Å². The highest BCUT2D eigenvalue weighted by Crippen LogP contribution is 2.24. The Labute approximate surface area is 131 Å². The lowest BCUT2D eigenvalue weighted by Crippen LogP contribution is -2.37. The number of nitrogens with zero attached hydrogens (tertiary/aromatic N) is 1. The van der Waals surface area contributed by atoms with Crippen LogP contribution in [0.1, 0.15) is 30.2 Å². The second-order valence-corrected chi connectivity index (χ2v) is 5.74. The van der Waals surface area contributed by atoms with Crippen molar-refractivity contribution in [3.05, 3.63) is 60.1 Å². The average Bonchev–Trinajstić information content (AvgIpc) is 3.22. The van der Waals surface area contributed by atoms with Gasteiger partial charge in [0.15, 0.2) is 0 Å². The van der Waals surface area contributed by atoms with Crippen LogP contribution in [-0.2, 0) is 11.2 Å². The monoisotopic (exact) mass is 298 g/mol. The molecule has 1 atom stereocenters. The van der Waals surface area contributed by atoms with Gasteiger partial charge in [-0.25, -0.2) is 0 Å².